The van der Waals surface area contributed by atoms with Crippen LogP contribution in [0.4, 0.5) is 0 Å². The summed E-state index contributed by atoms with van der Waals surface area (Å²) in [5, 5.41) is 18.1. The summed E-state index contributed by atoms with van der Waals surface area (Å²) < 4.78 is 0. The van der Waals surface area contributed by atoms with Crippen molar-refractivity contribution in [3.05, 3.63) is 65.9 Å². The van der Waals surface area contributed by atoms with Crippen LogP contribution in [0.5, 0.6) is 0 Å². The molecule has 0 unspecified atom stereocenters. The molecule has 0 saturated carbocycles. The fraction of sp³-hybridized carbons (Fsp3) is 0.0714. The molecule has 84 valence electrons. The van der Waals surface area contributed by atoms with E-state index in [4.69, 9.17) is 0 Å². The highest BCUT2D eigenvalue weighted by Crippen LogP contribution is 2.24. The fourth-order valence-electron chi connectivity index (χ4n) is 1.96. The smallest absolute Gasteiger partial charge is 0.104 e. The summed E-state index contributed by atoms with van der Waals surface area (Å²) >= 11 is 0. The van der Waals surface area contributed by atoms with E-state index in [1.807, 2.05) is 48.5 Å². The van der Waals surface area contributed by atoms with Crippen LogP contribution in [0.15, 0.2) is 54.7 Å². The Labute approximate surface area is 98.7 Å². The van der Waals surface area contributed by atoms with Crippen molar-refractivity contribution in [1.82, 2.24) is 10.2 Å². The molecule has 2 N–H and O–H groups in total. The van der Waals surface area contributed by atoms with Crippen molar-refractivity contribution >= 4 is 10.9 Å². The first kappa shape index (κ1) is 10.1. The van der Waals surface area contributed by atoms with Gasteiger partial charge < -0.3 is 5.11 Å². The van der Waals surface area contributed by atoms with Crippen LogP contribution in [0.2, 0.25) is 0 Å². The summed E-state index contributed by atoms with van der Waals surface area (Å²) in [5.41, 5.74) is 2.76. The Morgan fingerprint density at radius 3 is 2.65 bits per heavy atom. The van der Waals surface area contributed by atoms with E-state index >= 15 is 0 Å². The molecule has 1 aromatic heterocycles. The SMILES string of the molecule is O[C@@H](c1ccccc1)c1ccc2[nH]ncc2c1. The van der Waals surface area contributed by atoms with Crippen LogP contribution in [0.3, 0.4) is 0 Å². The maximum atomic E-state index is 10.3. The number of aromatic amines is 1. The van der Waals surface area contributed by atoms with Crippen LogP contribution >= 0.6 is 0 Å². The number of fused-ring (bicyclic) bond motifs is 1. The van der Waals surface area contributed by atoms with Crippen molar-refractivity contribution in [2.45, 2.75) is 6.10 Å². The van der Waals surface area contributed by atoms with Crippen molar-refractivity contribution in [3.63, 3.8) is 0 Å². The highest BCUT2D eigenvalue weighted by molar-refractivity contribution is 5.78. The maximum absolute atomic E-state index is 10.3. The van der Waals surface area contributed by atoms with Gasteiger partial charge in [0.25, 0.3) is 0 Å². The van der Waals surface area contributed by atoms with E-state index < -0.39 is 6.10 Å². The monoisotopic (exact) mass is 224 g/mol. The zero-order valence-corrected chi connectivity index (χ0v) is 9.17. The summed E-state index contributed by atoms with van der Waals surface area (Å²) in [6.45, 7) is 0. The van der Waals surface area contributed by atoms with Gasteiger partial charge in [0.1, 0.15) is 6.10 Å². The number of nitrogens with zero attached hydrogens (tertiary/aromatic N) is 1. The van der Waals surface area contributed by atoms with E-state index in [1.165, 1.54) is 0 Å². The van der Waals surface area contributed by atoms with Gasteiger partial charge in [-0.3, -0.25) is 5.10 Å². The highest BCUT2D eigenvalue weighted by Gasteiger charge is 2.10. The van der Waals surface area contributed by atoms with Gasteiger partial charge in [0, 0.05) is 5.39 Å². The van der Waals surface area contributed by atoms with E-state index in [2.05, 4.69) is 10.2 Å². The third kappa shape index (κ3) is 1.81. The van der Waals surface area contributed by atoms with Crippen molar-refractivity contribution in [3.8, 4) is 0 Å². The van der Waals surface area contributed by atoms with Crippen molar-refractivity contribution in [2.24, 2.45) is 0 Å². The van der Waals surface area contributed by atoms with E-state index in [9.17, 15) is 5.11 Å². The number of rotatable bonds is 2. The molecule has 3 rings (SSSR count). The molecule has 0 radical (unpaired) electrons. The first-order chi connectivity index (χ1) is 8.34. The predicted octanol–water partition coefficient (Wildman–Crippen LogP) is 2.64. The molecule has 2 aromatic carbocycles. The largest absolute Gasteiger partial charge is 0.384 e. The fourth-order valence-corrected chi connectivity index (χ4v) is 1.96. The van der Waals surface area contributed by atoms with Gasteiger partial charge >= 0.3 is 0 Å². The topological polar surface area (TPSA) is 48.9 Å². The average Bonchev–Trinajstić information content (AvgIpc) is 2.86. The Morgan fingerprint density at radius 1 is 1.00 bits per heavy atom. The molecule has 0 aliphatic rings. The molecule has 0 saturated heterocycles. The third-order valence-electron chi connectivity index (χ3n) is 2.90. The van der Waals surface area contributed by atoms with Crippen LogP contribution in [-0.2, 0) is 0 Å². The van der Waals surface area contributed by atoms with Crippen molar-refractivity contribution in [1.29, 1.82) is 0 Å². The van der Waals surface area contributed by atoms with E-state index in [0.717, 1.165) is 22.0 Å². The second-order valence-electron chi connectivity index (χ2n) is 4.03. The molecule has 0 fully saturated rings. The first-order valence-corrected chi connectivity index (χ1v) is 5.50. The normalized spacial score (nSPS) is 12.8. The van der Waals surface area contributed by atoms with Gasteiger partial charge in [-0.05, 0) is 23.3 Å². The second-order valence-corrected chi connectivity index (χ2v) is 4.03. The quantitative estimate of drug-likeness (QED) is 0.703. The van der Waals surface area contributed by atoms with Crippen LogP contribution < -0.4 is 0 Å². The maximum Gasteiger partial charge on any atom is 0.104 e. The number of aliphatic hydroxyl groups is 1. The van der Waals surface area contributed by atoms with Gasteiger partial charge in [0.15, 0.2) is 0 Å². The van der Waals surface area contributed by atoms with Gasteiger partial charge in [-0.25, -0.2) is 0 Å². The lowest BCUT2D eigenvalue weighted by Gasteiger charge is -2.11. The Hall–Kier alpha value is -2.13. The number of hydrogen-bond donors (Lipinski definition) is 2. The molecule has 3 nitrogen and oxygen atoms in total. The van der Waals surface area contributed by atoms with E-state index in [-0.39, 0.29) is 0 Å². The molecule has 0 bridgehead atoms. The molecular weight excluding hydrogens is 212 g/mol. The van der Waals surface area contributed by atoms with E-state index in [1.54, 1.807) is 6.20 Å². The third-order valence-corrected chi connectivity index (χ3v) is 2.90. The minimum atomic E-state index is -0.588. The highest BCUT2D eigenvalue weighted by atomic mass is 16.3. The summed E-state index contributed by atoms with van der Waals surface area (Å²) in [7, 11) is 0. The van der Waals surface area contributed by atoms with E-state index in [0.29, 0.717) is 0 Å². The zero-order chi connectivity index (χ0) is 11.7. The summed E-state index contributed by atoms with van der Waals surface area (Å²) in [5.74, 6) is 0. The second kappa shape index (κ2) is 4.03. The van der Waals surface area contributed by atoms with Gasteiger partial charge in [0.05, 0.1) is 11.7 Å². The number of aromatic nitrogens is 2. The summed E-state index contributed by atoms with van der Waals surface area (Å²) in [6.07, 6.45) is 1.17. The Morgan fingerprint density at radius 2 is 1.82 bits per heavy atom. The van der Waals surface area contributed by atoms with Crippen LogP contribution in [0.1, 0.15) is 17.2 Å². The molecule has 1 heterocycles. The molecule has 0 aliphatic heterocycles. The lowest BCUT2D eigenvalue weighted by molar-refractivity contribution is 0.220. The molecule has 17 heavy (non-hydrogen) atoms. The first-order valence-electron chi connectivity index (χ1n) is 5.50. The molecule has 0 spiro atoms. The molecule has 0 amide bonds. The standard InChI is InChI=1S/C14H12N2O/c17-14(10-4-2-1-3-5-10)11-6-7-13-12(8-11)9-15-16-13/h1-9,14,17H,(H,15,16)/t14-/m0/s1. The lowest BCUT2D eigenvalue weighted by atomic mass is 10.0. The number of hydrogen-bond acceptors (Lipinski definition) is 2. The Kier molecular flexibility index (Phi) is 2.38. The summed E-state index contributed by atoms with van der Waals surface area (Å²) in [4.78, 5) is 0. The number of benzene rings is 2. The Balaban J connectivity index is 2.03. The minimum absolute atomic E-state index is 0.588. The van der Waals surface area contributed by atoms with Crippen molar-refractivity contribution in [2.75, 3.05) is 0 Å². The van der Waals surface area contributed by atoms with Gasteiger partial charge in [-0.15, -0.1) is 0 Å². The number of H-pyrrole nitrogens is 1. The molecule has 3 aromatic rings. The minimum Gasteiger partial charge on any atom is -0.384 e. The molecule has 1 atom stereocenters. The molecule has 3 heteroatoms. The lowest BCUT2D eigenvalue weighted by Crippen LogP contribution is -1.98. The van der Waals surface area contributed by atoms with Gasteiger partial charge in [0.2, 0.25) is 0 Å². The van der Waals surface area contributed by atoms with Gasteiger partial charge in [-0.1, -0.05) is 36.4 Å². The van der Waals surface area contributed by atoms with Crippen LogP contribution in [-0.4, -0.2) is 15.3 Å². The van der Waals surface area contributed by atoms with Crippen LogP contribution in [0.25, 0.3) is 10.9 Å². The predicted molar refractivity (Wildman–Crippen MR) is 66.6 cm³/mol. The van der Waals surface area contributed by atoms with Crippen molar-refractivity contribution < 1.29 is 5.11 Å². The molecule has 0 aliphatic carbocycles. The van der Waals surface area contributed by atoms with Crippen LogP contribution in [0, 0.1) is 0 Å². The number of nitrogens with one attached hydrogen (secondary N) is 1. The zero-order valence-electron chi connectivity index (χ0n) is 9.17. The number of aliphatic hydroxyl groups excluding tert-OH is 1. The van der Waals surface area contributed by atoms with Gasteiger partial charge in [-0.2, -0.15) is 5.10 Å². The Bertz CT molecular complexity index is 631. The molecular formula is C14H12N2O. The summed E-state index contributed by atoms with van der Waals surface area (Å²) in [6, 6.07) is 15.4. The average molecular weight is 224 g/mol.